The Hall–Kier alpha value is -2.68. The summed E-state index contributed by atoms with van der Waals surface area (Å²) in [6.45, 7) is 8.56. The number of thioether (sulfide) groups is 2. The Labute approximate surface area is 175 Å². The van der Waals surface area contributed by atoms with E-state index >= 15 is 0 Å². The van der Waals surface area contributed by atoms with Gasteiger partial charge < -0.3 is 0 Å². The van der Waals surface area contributed by atoms with Gasteiger partial charge in [0.15, 0.2) is 0 Å². The summed E-state index contributed by atoms with van der Waals surface area (Å²) in [5.41, 5.74) is 2.32. The molecule has 0 atom stereocenters. The summed E-state index contributed by atoms with van der Waals surface area (Å²) < 4.78 is 0. The second kappa shape index (κ2) is 8.55. The highest BCUT2D eigenvalue weighted by Gasteiger charge is 2.10. The van der Waals surface area contributed by atoms with E-state index in [1.54, 1.807) is 23.5 Å². The molecule has 0 fully saturated rings. The van der Waals surface area contributed by atoms with Crippen LogP contribution < -0.4 is 0 Å². The molecule has 0 radical (unpaired) electrons. The van der Waals surface area contributed by atoms with Gasteiger partial charge in [0.1, 0.15) is 0 Å². The highest BCUT2D eigenvalue weighted by Crippen LogP contribution is 2.41. The molecule has 0 aliphatic carbocycles. The number of hydrogen-bond acceptors (Lipinski definition) is 2. The van der Waals surface area contributed by atoms with Crippen LogP contribution in [0.3, 0.4) is 0 Å². The number of benzene rings is 4. The van der Waals surface area contributed by atoms with Gasteiger partial charge in [-0.2, -0.15) is 0 Å². The fourth-order valence-corrected chi connectivity index (χ4v) is 4.97. The largest absolute Gasteiger partial charge is 0.0894 e. The van der Waals surface area contributed by atoms with Crippen molar-refractivity contribution in [3.8, 4) is 0 Å². The van der Waals surface area contributed by atoms with Crippen LogP contribution in [0.2, 0.25) is 0 Å². The number of fused-ring (bicyclic) bond motifs is 1. The van der Waals surface area contributed by atoms with Crippen molar-refractivity contribution in [1.29, 1.82) is 0 Å². The van der Waals surface area contributed by atoms with E-state index in [0.717, 1.165) is 20.9 Å². The van der Waals surface area contributed by atoms with E-state index in [1.165, 1.54) is 20.6 Å². The maximum Gasteiger partial charge on any atom is 0.0201 e. The molecule has 0 amide bonds. The van der Waals surface area contributed by atoms with Gasteiger partial charge in [0.25, 0.3) is 0 Å². The first kappa shape index (κ1) is 18.7. The summed E-state index contributed by atoms with van der Waals surface area (Å²) >= 11 is 3.45. The molecule has 4 rings (SSSR count). The Kier molecular flexibility index (Phi) is 5.70. The van der Waals surface area contributed by atoms with Crippen molar-refractivity contribution in [2.75, 3.05) is 0 Å². The van der Waals surface area contributed by atoms with E-state index in [-0.39, 0.29) is 0 Å². The molecule has 4 aromatic rings. The summed E-state index contributed by atoms with van der Waals surface area (Å²) in [5.74, 6) is 0. The summed E-state index contributed by atoms with van der Waals surface area (Å²) in [7, 11) is 0. The molecule has 2 heteroatoms. The molecule has 136 valence electrons. The van der Waals surface area contributed by atoms with Gasteiger partial charge in [-0.05, 0) is 34.0 Å². The molecule has 0 saturated heterocycles. The molecule has 0 unspecified atom stereocenters. The maximum absolute atomic E-state index is 4.28. The highest BCUT2D eigenvalue weighted by molar-refractivity contribution is 8.08. The van der Waals surface area contributed by atoms with E-state index in [4.69, 9.17) is 0 Å². The van der Waals surface area contributed by atoms with Crippen molar-refractivity contribution < 1.29 is 0 Å². The van der Waals surface area contributed by atoms with E-state index in [9.17, 15) is 0 Å². The van der Waals surface area contributed by atoms with Gasteiger partial charge in [-0.15, -0.1) is 0 Å². The van der Waals surface area contributed by atoms with Gasteiger partial charge in [0.05, 0.1) is 0 Å². The van der Waals surface area contributed by atoms with Gasteiger partial charge in [-0.1, -0.05) is 122 Å². The van der Waals surface area contributed by atoms with Crippen LogP contribution in [0.15, 0.2) is 120 Å². The van der Waals surface area contributed by atoms with Crippen molar-refractivity contribution in [1.82, 2.24) is 0 Å². The third-order valence-corrected chi connectivity index (χ3v) is 6.62. The Morgan fingerprint density at radius 1 is 0.464 bits per heavy atom. The molecule has 0 heterocycles. The van der Waals surface area contributed by atoms with Gasteiger partial charge >= 0.3 is 0 Å². The van der Waals surface area contributed by atoms with Crippen LogP contribution in [0.1, 0.15) is 11.1 Å². The number of rotatable bonds is 6. The van der Waals surface area contributed by atoms with Crippen LogP contribution in [0.25, 0.3) is 20.6 Å². The molecule has 0 bridgehead atoms. The third-order valence-electron chi connectivity index (χ3n) is 4.50. The maximum atomic E-state index is 4.28. The second-order valence-electron chi connectivity index (χ2n) is 6.39. The van der Waals surface area contributed by atoms with E-state index < -0.39 is 0 Å². The van der Waals surface area contributed by atoms with Crippen molar-refractivity contribution >= 4 is 44.1 Å². The topological polar surface area (TPSA) is 0 Å². The standard InChI is InChI=1S/C26H20S2/c1-19(21-11-5-3-6-12-21)27-25-17-9-16-24-23(25)15-10-18-26(24)28-20(2)22-13-7-4-8-14-22/h3-18H,1-2H2. The fourth-order valence-electron chi connectivity index (χ4n) is 3.06. The molecule has 0 aromatic heterocycles. The molecular weight excluding hydrogens is 376 g/mol. The van der Waals surface area contributed by atoms with Crippen molar-refractivity contribution in [2.24, 2.45) is 0 Å². The van der Waals surface area contributed by atoms with E-state index in [2.05, 4.69) is 73.8 Å². The van der Waals surface area contributed by atoms with Crippen molar-refractivity contribution in [3.05, 3.63) is 121 Å². The lowest BCUT2D eigenvalue weighted by atomic mass is 10.1. The molecule has 0 spiro atoms. The molecule has 4 aromatic carbocycles. The first-order valence-electron chi connectivity index (χ1n) is 9.08. The quantitative estimate of drug-likeness (QED) is 0.300. The zero-order chi connectivity index (χ0) is 19.3. The van der Waals surface area contributed by atoms with Crippen LogP contribution in [-0.2, 0) is 0 Å². The van der Waals surface area contributed by atoms with E-state index in [1.807, 2.05) is 36.4 Å². The molecule has 0 N–H and O–H groups in total. The smallest absolute Gasteiger partial charge is 0.0201 e. The predicted octanol–water partition coefficient (Wildman–Crippen LogP) is 8.37. The average molecular weight is 397 g/mol. The Morgan fingerprint density at radius 3 is 1.25 bits per heavy atom. The zero-order valence-electron chi connectivity index (χ0n) is 15.5. The Bertz CT molecular complexity index is 1040. The predicted molar refractivity (Wildman–Crippen MR) is 127 cm³/mol. The lowest BCUT2D eigenvalue weighted by Crippen LogP contribution is -1.84. The molecule has 28 heavy (non-hydrogen) atoms. The number of hydrogen-bond donors (Lipinski definition) is 0. The summed E-state index contributed by atoms with van der Waals surface area (Å²) in [4.78, 5) is 4.55. The lowest BCUT2D eigenvalue weighted by Gasteiger charge is -2.12. The van der Waals surface area contributed by atoms with Gasteiger partial charge in [0, 0.05) is 19.6 Å². The minimum atomic E-state index is 1.06. The summed E-state index contributed by atoms with van der Waals surface area (Å²) in [6, 6.07) is 33.6. The minimum absolute atomic E-state index is 1.06. The van der Waals surface area contributed by atoms with Crippen LogP contribution in [0, 0.1) is 0 Å². The normalized spacial score (nSPS) is 10.7. The monoisotopic (exact) mass is 396 g/mol. The van der Waals surface area contributed by atoms with Crippen LogP contribution >= 0.6 is 23.5 Å². The van der Waals surface area contributed by atoms with E-state index in [0.29, 0.717) is 0 Å². The lowest BCUT2D eigenvalue weighted by molar-refractivity contribution is 1.48. The molecule has 0 aliphatic heterocycles. The first-order valence-corrected chi connectivity index (χ1v) is 10.7. The van der Waals surface area contributed by atoms with Crippen LogP contribution in [0.4, 0.5) is 0 Å². The second-order valence-corrected chi connectivity index (χ2v) is 8.66. The molecule has 0 nitrogen and oxygen atoms in total. The molecule has 0 saturated carbocycles. The molecular formula is C26H20S2. The fraction of sp³-hybridized carbons (Fsp3) is 0. The highest BCUT2D eigenvalue weighted by atomic mass is 32.2. The molecule has 0 aliphatic rings. The summed E-state index contributed by atoms with van der Waals surface area (Å²) in [5, 5.41) is 2.49. The first-order chi connectivity index (χ1) is 13.7. The Morgan fingerprint density at radius 2 is 0.857 bits per heavy atom. The minimum Gasteiger partial charge on any atom is -0.0894 e. The van der Waals surface area contributed by atoms with Gasteiger partial charge in [0.2, 0.25) is 0 Å². The Balaban J connectivity index is 1.65. The van der Waals surface area contributed by atoms with Gasteiger partial charge in [-0.25, -0.2) is 0 Å². The van der Waals surface area contributed by atoms with Crippen molar-refractivity contribution in [3.63, 3.8) is 0 Å². The van der Waals surface area contributed by atoms with Crippen LogP contribution in [0.5, 0.6) is 0 Å². The van der Waals surface area contributed by atoms with Gasteiger partial charge in [-0.3, -0.25) is 0 Å². The van der Waals surface area contributed by atoms with Crippen LogP contribution in [-0.4, -0.2) is 0 Å². The summed E-state index contributed by atoms with van der Waals surface area (Å²) in [6.07, 6.45) is 0. The SMILES string of the molecule is C=C(Sc1cccc2c(SC(=C)c3ccccc3)cccc12)c1ccccc1. The third kappa shape index (κ3) is 4.09. The van der Waals surface area contributed by atoms with Crippen molar-refractivity contribution in [2.45, 2.75) is 9.79 Å². The average Bonchev–Trinajstić information content (AvgIpc) is 2.75. The zero-order valence-corrected chi connectivity index (χ0v) is 17.1.